The van der Waals surface area contributed by atoms with E-state index in [1.807, 2.05) is 29.8 Å². The van der Waals surface area contributed by atoms with Crippen molar-refractivity contribution in [2.45, 2.75) is 6.54 Å². The Morgan fingerprint density at radius 3 is 3.00 bits per heavy atom. The molecule has 0 amide bonds. The van der Waals surface area contributed by atoms with Crippen LogP contribution in [0.5, 0.6) is 5.75 Å². The molecule has 1 aromatic carbocycles. The molecule has 1 heterocycles. The molecule has 84 valence electrons. The van der Waals surface area contributed by atoms with Gasteiger partial charge in [0.1, 0.15) is 10.8 Å². The Morgan fingerprint density at radius 2 is 2.38 bits per heavy atom. The van der Waals surface area contributed by atoms with Gasteiger partial charge in [-0.25, -0.2) is 4.98 Å². The van der Waals surface area contributed by atoms with Crippen LogP contribution in [0, 0.1) is 0 Å². The van der Waals surface area contributed by atoms with Gasteiger partial charge in [-0.1, -0.05) is 0 Å². The van der Waals surface area contributed by atoms with Gasteiger partial charge in [-0.15, -0.1) is 11.3 Å². The number of aromatic nitrogens is 1. The first kappa shape index (κ1) is 11.4. The minimum Gasteiger partial charge on any atom is -0.496 e. The molecule has 16 heavy (non-hydrogen) atoms. The van der Waals surface area contributed by atoms with Crippen molar-refractivity contribution in [2.24, 2.45) is 0 Å². The maximum atomic E-state index is 5.17. The van der Waals surface area contributed by atoms with Gasteiger partial charge in [-0.05, 0) is 34.1 Å². The van der Waals surface area contributed by atoms with Crippen molar-refractivity contribution >= 4 is 33.0 Å². The van der Waals surface area contributed by atoms with Gasteiger partial charge in [0.2, 0.25) is 0 Å². The molecule has 5 heteroatoms. The quantitative estimate of drug-likeness (QED) is 0.938. The molecule has 1 N–H and O–H groups in total. The highest BCUT2D eigenvalue weighted by Gasteiger charge is 2.01. The first-order valence-corrected chi connectivity index (χ1v) is 6.42. The average Bonchev–Trinajstić information content (AvgIpc) is 2.79. The lowest BCUT2D eigenvalue weighted by Crippen LogP contribution is -1.98. The lowest BCUT2D eigenvalue weighted by molar-refractivity contribution is 0.412. The molecule has 3 nitrogen and oxygen atoms in total. The van der Waals surface area contributed by atoms with Crippen LogP contribution >= 0.6 is 27.3 Å². The van der Waals surface area contributed by atoms with Crippen LogP contribution < -0.4 is 10.1 Å². The Labute approximate surface area is 107 Å². The molecule has 0 spiro atoms. The number of nitrogens with zero attached hydrogens (tertiary/aromatic N) is 1. The fourth-order valence-corrected chi connectivity index (χ4v) is 2.39. The monoisotopic (exact) mass is 298 g/mol. The van der Waals surface area contributed by atoms with E-state index >= 15 is 0 Å². The summed E-state index contributed by atoms with van der Waals surface area (Å²) in [6.45, 7) is 0.746. The summed E-state index contributed by atoms with van der Waals surface area (Å²) < 4.78 is 6.11. The fraction of sp³-hybridized carbons (Fsp3) is 0.182. The van der Waals surface area contributed by atoms with Crippen LogP contribution in [0.3, 0.4) is 0 Å². The second-order valence-corrected chi connectivity index (χ2v) is 4.96. The summed E-state index contributed by atoms with van der Waals surface area (Å²) in [6.07, 6.45) is 1.81. The molecular weight excluding hydrogens is 288 g/mol. The van der Waals surface area contributed by atoms with E-state index in [1.54, 1.807) is 18.4 Å². The van der Waals surface area contributed by atoms with Gasteiger partial charge in [0, 0.05) is 17.3 Å². The van der Waals surface area contributed by atoms with Gasteiger partial charge in [0.25, 0.3) is 0 Å². The van der Waals surface area contributed by atoms with E-state index in [0.29, 0.717) is 0 Å². The maximum Gasteiger partial charge on any atom is 0.133 e. The third kappa shape index (κ3) is 2.74. The average molecular weight is 299 g/mol. The Balaban J connectivity index is 2.02. The third-order valence-electron chi connectivity index (χ3n) is 2.08. The highest BCUT2D eigenvalue weighted by atomic mass is 79.9. The SMILES string of the molecule is COc1ccc(NCc2nccs2)cc1Br. The molecule has 0 radical (unpaired) electrons. The number of hydrogen-bond donors (Lipinski definition) is 1. The van der Waals surface area contributed by atoms with Crippen molar-refractivity contribution in [2.75, 3.05) is 12.4 Å². The predicted octanol–water partition coefficient (Wildman–Crippen LogP) is 3.53. The first-order valence-electron chi connectivity index (χ1n) is 4.75. The van der Waals surface area contributed by atoms with E-state index in [4.69, 9.17) is 4.74 Å². The minimum absolute atomic E-state index is 0.746. The summed E-state index contributed by atoms with van der Waals surface area (Å²) in [5.41, 5.74) is 1.04. The lowest BCUT2D eigenvalue weighted by atomic mass is 10.3. The van der Waals surface area contributed by atoms with Gasteiger partial charge in [-0.2, -0.15) is 0 Å². The Kier molecular flexibility index (Phi) is 3.79. The van der Waals surface area contributed by atoms with E-state index in [1.165, 1.54) is 0 Å². The summed E-state index contributed by atoms with van der Waals surface area (Å²) in [7, 11) is 1.66. The van der Waals surface area contributed by atoms with Gasteiger partial charge < -0.3 is 10.1 Å². The molecule has 0 fully saturated rings. The van der Waals surface area contributed by atoms with Crippen LogP contribution in [0.15, 0.2) is 34.2 Å². The van der Waals surface area contributed by atoms with Crippen LogP contribution in [0.25, 0.3) is 0 Å². The highest BCUT2D eigenvalue weighted by Crippen LogP contribution is 2.27. The fourth-order valence-electron chi connectivity index (χ4n) is 1.29. The summed E-state index contributed by atoms with van der Waals surface area (Å²) >= 11 is 5.09. The van der Waals surface area contributed by atoms with Gasteiger partial charge in [-0.3, -0.25) is 0 Å². The molecular formula is C11H11BrN2OS. The zero-order chi connectivity index (χ0) is 11.4. The molecule has 2 aromatic rings. The Bertz CT molecular complexity index is 459. The molecule has 2 rings (SSSR count). The van der Waals surface area contributed by atoms with Crippen molar-refractivity contribution in [1.82, 2.24) is 4.98 Å². The van der Waals surface area contributed by atoms with Crippen molar-refractivity contribution in [3.8, 4) is 5.75 Å². The number of methoxy groups -OCH3 is 1. The molecule has 0 aliphatic rings. The lowest BCUT2D eigenvalue weighted by Gasteiger charge is -2.07. The van der Waals surface area contributed by atoms with Crippen molar-refractivity contribution < 1.29 is 4.74 Å². The molecule has 0 atom stereocenters. The zero-order valence-electron chi connectivity index (χ0n) is 8.74. The van der Waals surface area contributed by atoms with Gasteiger partial charge in [0.05, 0.1) is 18.1 Å². The van der Waals surface area contributed by atoms with Crippen LogP contribution in [0.1, 0.15) is 5.01 Å². The molecule has 0 bridgehead atoms. The maximum absolute atomic E-state index is 5.17. The summed E-state index contributed by atoms with van der Waals surface area (Å²) in [4.78, 5) is 4.21. The Hall–Kier alpha value is -1.07. The topological polar surface area (TPSA) is 34.1 Å². The minimum atomic E-state index is 0.746. The Morgan fingerprint density at radius 1 is 1.50 bits per heavy atom. The number of benzene rings is 1. The van der Waals surface area contributed by atoms with Crippen LogP contribution in [-0.4, -0.2) is 12.1 Å². The van der Waals surface area contributed by atoms with E-state index in [2.05, 4.69) is 26.2 Å². The molecule has 0 saturated carbocycles. The molecule has 1 aromatic heterocycles. The second-order valence-electron chi connectivity index (χ2n) is 3.13. The molecule has 0 saturated heterocycles. The highest BCUT2D eigenvalue weighted by molar-refractivity contribution is 9.10. The molecule has 0 unspecified atom stereocenters. The smallest absolute Gasteiger partial charge is 0.133 e. The number of hydrogen-bond acceptors (Lipinski definition) is 4. The van der Waals surface area contributed by atoms with E-state index in [0.717, 1.165) is 27.5 Å². The number of anilines is 1. The number of ether oxygens (including phenoxy) is 1. The number of nitrogens with one attached hydrogen (secondary N) is 1. The van der Waals surface area contributed by atoms with E-state index < -0.39 is 0 Å². The number of thiazole rings is 1. The zero-order valence-corrected chi connectivity index (χ0v) is 11.1. The van der Waals surface area contributed by atoms with Gasteiger partial charge in [0.15, 0.2) is 0 Å². The number of rotatable bonds is 4. The third-order valence-corrected chi connectivity index (χ3v) is 3.48. The summed E-state index contributed by atoms with van der Waals surface area (Å²) in [5.74, 6) is 0.833. The second kappa shape index (κ2) is 5.32. The summed E-state index contributed by atoms with van der Waals surface area (Å²) in [6, 6.07) is 5.90. The largest absolute Gasteiger partial charge is 0.496 e. The van der Waals surface area contributed by atoms with Crippen LogP contribution in [0.2, 0.25) is 0 Å². The van der Waals surface area contributed by atoms with Crippen LogP contribution in [0.4, 0.5) is 5.69 Å². The van der Waals surface area contributed by atoms with Gasteiger partial charge >= 0.3 is 0 Å². The predicted molar refractivity (Wildman–Crippen MR) is 70.1 cm³/mol. The van der Waals surface area contributed by atoms with Crippen molar-refractivity contribution in [3.63, 3.8) is 0 Å². The standard InChI is InChI=1S/C11H11BrN2OS/c1-15-10-3-2-8(6-9(10)12)14-7-11-13-4-5-16-11/h2-6,14H,7H2,1H3. The van der Waals surface area contributed by atoms with Crippen molar-refractivity contribution in [3.05, 3.63) is 39.3 Å². The summed E-state index contributed by atoms with van der Waals surface area (Å²) in [5, 5.41) is 6.35. The van der Waals surface area contributed by atoms with Crippen LogP contribution in [-0.2, 0) is 6.54 Å². The molecule has 0 aliphatic heterocycles. The normalized spacial score (nSPS) is 10.1. The molecule has 0 aliphatic carbocycles. The first-order chi connectivity index (χ1) is 7.79. The van der Waals surface area contributed by atoms with E-state index in [-0.39, 0.29) is 0 Å². The van der Waals surface area contributed by atoms with E-state index in [9.17, 15) is 0 Å². The number of halogens is 1. The van der Waals surface area contributed by atoms with Crippen molar-refractivity contribution in [1.29, 1.82) is 0 Å².